The van der Waals surface area contributed by atoms with Crippen LogP contribution < -0.4 is 20.1 Å². The van der Waals surface area contributed by atoms with Crippen molar-refractivity contribution in [1.29, 1.82) is 0 Å². The zero-order chi connectivity index (χ0) is 17.9. The summed E-state index contributed by atoms with van der Waals surface area (Å²) < 4.78 is 23.8. The van der Waals surface area contributed by atoms with Gasteiger partial charge in [-0.05, 0) is 36.4 Å². The van der Waals surface area contributed by atoms with Crippen molar-refractivity contribution >= 4 is 23.0 Å². The summed E-state index contributed by atoms with van der Waals surface area (Å²) in [6.07, 6.45) is 3.02. The van der Waals surface area contributed by atoms with Crippen molar-refractivity contribution in [2.75, 3.05) is 17.4 Å². The van der Waals surface area contributed by atoms with Crippen molar-refractivity contribution in [3.63, 3.8) is 0 Å². The predicted molar refractivity (Wildman–Crippen MR) is 94.4 cm³/mol. The van der Waals surface area contributed by atoms with Crippen LogP contribution in [0.15, 0.2) is 60.9 Å². The number of benzene rings is 2. The van der Waals surface area contributed by atoms with Gasteiger partial charge >= 0.3 is 0 Å². The Morgan fingerprint density at radius 3 is 2.73 bits per heavy atom. The number of amides is 1. The molecular weight excluding hydrogens is 337 g/mol. The van der Waals surface area contributed by atoms with Gasteiger partial charge in [-0.2, -0.15) is 0 Å². The molecule has 1 aliphatic heterocycles. The van der Waals surface area contributed by atoms with Gasteiger partial charge in [0.15, 0.2) is 11.5 Å². The number of carbonyl (C=O) groups excluding carboxylic acids is 1. The van der Waals surface area contributed by atoms with E-state index in [0.29, 0.717) is 34.1 Å². The van der Waals surface area contributed by atoms with E-state index in [1.54, 1.807) is 42.6 Å². The van der Waals surface area contributed by atoms with E-state index in [2.05, 4.69) is 15.6 Å². The molecule has 130 valence electrons. The summed E-state index contributed by atoms with van der Waals surface area (Å²) in [5, 5.41) is 5.80. The van der Waals surface area contributed by atoms with Crippen LogP contribution >= 0.6 is 0 Å². The molecule has 0 radical (unpaired) electrons. The molecule has 1 aromatic heterocycles. The summed E-state index contributed by atoms with van der Waals surface area (Å²) in [5.74, 6) is 0.562. The van der Waals surface area contributed by atoms with Gasteiger partial charge in [0.25, 0.3) is 5.91 Å². The second-order valence-electron chi connectivity index (χ2n) is 5.62. The molecule has 7 heteroatoms. The molecule has 2 aromatic carbocycles. The lowest BCUT2D eigenvalue weighted by atomic mass is 10.2. The highest BCUT2D eigenvalue weighted by Crippen LogP contribution is 2.34. The van der Waals surface area contributed by atoms with Crippen LogP contribution in [0.3, 0.4) is 0 Å². The quantitative estimate of drug-likeness (QED) is 0.745. The van der Waals surface area contributed by atoms with E-state index in [1.807, 2.05) is 0 Å². The third kappa shape index (κ3) is 3.41. The minimum atomic E-state index is -0.348. The second kappa shape index (κ2) is 6.72. The molecule has 2 heterocycles. The fraction of sp³-hybridized carbons (Fsp3) is 0.0526. The summed E-state index contributed by atoms with van der Waals surface area (Å²) >= 11 is 0. The van der Waals surface area contributed by atoms with Crippen molar-refractivity contribution < 1.29 is 18.7 Å². The van der Waals surface area contributed by atoms with Gasteiger partial charge in [0.05, 0.1) is 17.4 Å². The van der Waals surface area contributed by atoms with Gasteiger partial charge in [-0.3, -0.25) is 9.78 Å². The number of anilines is 3. The Morgan fingerprint density at radius 2 is 1.85 bits per heavy atom. The van der Waals surface area contributed by atoms with Gasteiger partial charge in [0.1, 0.15) is 5.82 Å². The summed E-state index contributed by atoms with van der Waals surface area (Å²) in [4.78, 5) is 16.5. The van der Waals surface area contributed by atoms with Gasteiger partial charge in [-0.25, -0.2) is 4.39 Å². The lowest BCUT2D eigenvalue weighted by Crippen LogP contribution is -2.12. The van der Waals surface area contributed by atoms with E-state index in [0.717, 1.165) is 0 Å². The number of halogens is 1. The Kier molecular flexibility index (Phi) is 4.10. The predicted octanol–water partition coefficient (Wildman–Crippen LogP) is 3.95. The Morgan fingerprint density at radius 1 is 0.962 bits per heavy atom. The molecule has 1 amide bonds. The SMILES string of the molecule is O=C(Nc1ccc2c(c1)OCO2)c1cncc(Nc2cccc(F)c2)c1. The normalized spacial score (nSPS) is 11.9. The van der Waals surface area contributed by atoms with Gasteiger partial charge in [0.2, 0.25) is 6.79 Å². The number of hydrogen-bond acceptors (Lipinski definition) is 5. The molecule has 26 heavy (non-hydrogen) atoms. The number of fused-ring (bicyclic) bond motifs is 1. The minimum absolute atomic E-state index is 0.171. The molecule has 3 aromatic rings. The van der Waals surface area contributed by atoms with Crippen molar-refractivity contribution in [2.45, 2.75) is 0 Å². The van der Waals surface area contributed by atoms with Crippen LogP contribution in [0, 0.1) is 5.82 Å². The van der Waals surface area contributed by atoms with Crippen molar-refractivity contribution in [2.24, 2.45) is 0 Å². The lowest BCUT2D eigenvalue weighted by Gasteiger charge is -2.09. The van der Waals surface area contributed by atoms with E-state index >= 15 is 0 Å². The summed E-state index contributed by atoms with van der Waals surface area (Å²) in [6.45, 7) is 0.171. The monoisotopic (exact) mass is 351 g/mol. The van der Waals surface area contributed by atoms with E-state index in [4.69, 9.17) is 9.47 Å². The average Bonchev–Trinajstić information content (AvgIpc) is 3.10. The third-order valence-corrected chi connectivity index (χ3v) is 3.74. The van der Waals surface area contributed by atoms with Crippen molar-refractivity contribution in [3.8, 4) is 11.5 Å². The largest absolute Gasteiger partial charge is 0.454 e. The lowest BCUT2D eigenvalue weighted by molar-refractivity contribution is 0.102. The van der Waals surface area contributed by atoms with Gasteiger partial charge in [0, 0.05) is 23.6 Å². The van der Waals surface area contributed by atoms with Crippen LogP contribution in [0.25, 0.3) is 0 Å². The van der Waals surface area contributed by atoms with Crippen LogP contribution in [-0.4, -0.2) is 17.7 Å². The maximum atomic E-state index is 13.3. The standard InChI is InChI=1S/C19H14FN3O3/c20-13-2-1-3-14(7-13)22-16-6-12(9-21-10-16)19(24)23-15-4-5-17-18(8-15)26-11-25-17/h1-10,22H,11H2,(H,23,24). The van der Waals surface area contributed by atoms with Crippen LogP contribution in [0.2, 0.25) is 0 Å². The molecule has 0 bridgehead atoms. The Bertz CT molecular complexity index is 978. The number of aromatic nitrogens is 1. The first-order chi connectivity index (χ1) is 12.7. The van der Waals surface area contributed by atoms with Crippen molar-refractivity contribution in [1.82, 2.24) is 4.98 Å². The fourth-order valence-electron chi connectivity index (χ4n) is 2.54. The highest BCUT2D eigenvalue weighted by molar-refractivity contribution is 6.04. The Balaban J connectivity index is 1.49. The molecular formula is C19H14FN3O3. The summed E-state index contributed by atoms with van der Waals surface area (Å²) in [6, 6.07) is 12.8. The van der Waals surface area contributed by atoms with Crippen LogP contribution in [0.1, 0.15) is 10.4 Å². The first-order valence-corrected chi connectivity index (χ1v) is 7.86. The maximum Gasteiger partial charge on any atom is 0.257 e. The molecule has 0 saturated carbocycles. The molecule has 0 aliphatic carbocycles. The van der Waals surface area contributed by atoms with Gasteiger partial charge in [-0.1, -0.05) is 6.07 Å². The van der Waals surface area contributed by atoms with Crippen molar-refractivity contribution in [3.05, 3.63) is 72.3 Å². The first kappa shape index (κ1) is 15.9. The average molecular weight is 351 g/mol. The van der Waals surface area contributed by atoms with Crippen LogP contribution in [0.4, 0.5) is 21.5 Å². The molecule has 0 fully saturated rings. The zero-order valence-corrected chi connectivity index (χ0v) is 13.5. The van der Waals surface area contributed by atoms with Gasteiger partial charge < -0.3 is 20.1 Å². The number of hydrogen-bond donors (Lipinski definition) is 2. The number of carbonyl (C=O) groups is 1. The van der Waals surface area contributed by atoms with Crippen LogP contribution in [-0.2, 0) is 0 Å². The Hall–Kier alpha value is -3.61. The second-order valence-corrected chi connectivity index (χ2v) is 5.62. The first-order valence-electron chi connectivity index (χ1n) is 7.86. The zero-order valence-electron chi connectivity index (χ0n) is 13.5. The minimum Gasteiger partial charge on any atom is -0.454 e. The molecule has 0 unspecified atom stereocenters. The van der Waals surface area contributed by atoms with Crippen LogP contribution in [0.5, 0.6) is 11.5 Å². The van der Waals surface area contributed by atoms with E-state index in [-0.39, 0.29) is 18.5 Å². The number of ether oxygens (including phenoxy) is 2. The van der Waals surface area contributed by atoms with E-state index in [1.165, 1.54) is 18.3 Å². The molecule has 1 aliphatic rings. The van der Waals surface area contributed by atoms with E-state index in [9.17, 15) is 9.18 Å². The highest BCUT2D eigenvalue weighted by atomic mass is 19.1. The van der Waals surface area contributed by atoms with E-state index < -0.39 is 0 Å². The molecule has 0 spiro atoms. The third-order valence-electron chi connectivity index (χ3n) is 3.74. The summed E-state index contributed by atoms with van der Waals surface area (Å²) in [7, 11) is 0. The smallest absolute Gasteiger partial charge is 0.257 e. The topological polar surface area (TPSA) is 72.5 Å². The molecule has 4 rings (SSSR count). The Labute approximate surface area is 148 Å². The number of pyridine rings is 1. The highest BCUT2D eigenvalue weighted by Gasteiger charge is 2.15. The van der Waals surface area contributed by atoms with Gasteiger partial charge in [-0.15, -0.1) is 0 Å². The summed E-state index contributed by atoms with van der Waals surface area (Å²) in [5.41, 5.74) is 2.10. The number of rotatable bonds is 4. The number of nitrogens with zero attached hydrogens (tertiary/aromatic N) is 1. The fourth-order valence-corrected chi connectivity index (χ4v) is 2.54. The molecule has 6 nitrogen and oxygen atoms in total. The molecule has 0 saturated heterocycles. The number of nitrogens with one attached hydrogen (secondary N) is 2. The molecule has 0 atom stereocenters. The molecule has 2 N–H and O–H groups in total. The maximum absolute atomic E-state index is 13.3.